The maximum atomic E-state index is 12.0. The van der Waals surface area contributed by atoms with Gasteiger partial charge in [-0.2, -0.15) is 13.7 Å². The quantitative estimate of drug-likeness (QED) is 0.193. The van der Waals surface area contributed by atoms with E-state index in [0.29, 0.717) is 11.1 Å². The minimum Gasteiger partial charge on any atom is -0.387 e. The molecule has 7 N–H and O–H groups in total. The van der Waals surface area contributed by atoms with Crippen LogP contribution < -0.4 is 5.32 Å². The van der Waals surface area contributed by atoms with Gasteiger partial charge in [0.25, 0.3) is 0 Å². The molecule has 4 heterocycles. The Morgan fingerprint density at radius 2 is 1.91 bits per heavy atom. The highest BCUT2D eigenvalue weighted by atomic mass is 31.3. The summed E-state index contributed by atoms with van der Waals surface area (Å²) in [5.41, 5.74) is -0.857. The van der Waals surface area contributed by atoms with Gasteiger partial charge in [0, 0.05) is 0 Å². The lowest BCUT2D eigenvalue weighted by Crippen LogP contribution is -2.43. The van der Waals surface area contributed by atoms with Crippen molar-refractivity contribution in [2.24, 2.45) is 0 Å². The summed E-state index contributed by atoms with van der Waals surface area (Å²) < 4.78 is 52.9. The third-order valence-electron chi connectivity index (χ3n) is 5.15. The molecule has 35 heavy (non-hydrogen) atoms. The largest absolute Gasteiger partial charge is 0.490 e. The second-order valence-corrected chi connectivity index (χ2v) is 12.2. The molecule has 0 aliphatic carbocycles. The van der Waals surface area contributed by atoms with Crippen LogP contribution in [0.1, 0.15) is 24.3 Å². The molecule has 0 bridgehead atoms. The van der Waals surface area contributed by atoms with E-state index in [9.17, 15) is 38.5 Å². The van der Waals surface area contributed by atoms with E-state index >= 15 is 0 Å². The maximum absolute atomic E-state index is 12.0. The van der Waals surface area contributed by atoms with E-state index in [2.05, 4.69) is 28.5 Å². The number of anilines is 1. The Kier molecular flexibility index (Phi) is 6.61. The second-order valence-electron chi connectivity index (χ2n) is 7.80. The van der Waals surface area contributed by atoms with Crippen molar-refractivity contribution in [3.63, 3.8) is 0 Å². The first-order chi connectivity index (χ1) is 16.0. The Balaban J connectivity index is 1.54. The van der Waals surface area contributed by atoms with Crippen LogP contribution in [0, 0.1) is 0 Å². The highest BCUT2D eigenvalue weighted by Crippen LogP contribution is 2.66. The zero-order valence-electron chi connectivity index (χ0n) is 17.4. The molecule has 0 saturated carbocycles. The van der Waals surface area contributed by atoms with Gasteiger partial charge in [-0.05, 0) is 18.6 Å². The van der Waals surface area contributed by atoms with Crippen LogP contribution in [-0.2, 0) is 42.8 Å². The van der Waals surface area contributed by atoms with Crippen molar-refractivity contribution in [2.45, 2.75) is 37.3 Å². The number of carbonyl (C=O) groups is 1. The summed E-state index contributed by atoms with van der Waals surface area (Å²) in [6.45, 7) is 0.228. The number of phosphoric ester groups is 1. The van der Waals surface area contributed by atoms with Gasteiger partial charge in [0.05, 0.1) is 18.7 Å². The zero-order chi connectivity index (χ0) is 26.0. The minimum absolute atomic E-state index is 0.0171. The second kappa shape index (κ2) is 8.75. The summed E-state index contributed by atoms with van der Waals surface area (Å²) in [7, 11) is -16.8. The van der Waals surface area contributed by atoms with Crippen molar-refractivity contribution >= 4 is 40.7 Å². The lowest BCUT2D eigenvalue weighted by atomic mass is 9.91. The SMILES string of the molecule is C[C@@]1(O)[C@H](O)[C@@H](COP(=O)(O)OP(=O)(O)OP(=O)(O)O)O[C@H]1c1cc2c3c(ncnn13)NC(=O)C2. The van der Waals surface area contributed by atoms with Gasteiger partial charge >= 0.3 is 23.5 Å². The molecule has 21 heteroatoms. The molecule has 2 unspecified atom stereocenters. The van der Waals surface area contributed by atoms with Crippen LogP contribution >= 0.6 is 23.5 Å². The molecule has 2 aromatic rings. The first-order valence-corrected chi connectivity index (χ1v) is 14.0. The number of carbonyl (C=O) groups excluding carboxylic acids is 1. The van der Waals surface area contributed by atoms with E-state index in [1.54, 1.807) is 0 Å². The molecule has 2 aromatic heterocycles. The highest BCUT2D eigenvalue weighted by molar-refractivity contribution is 7.66. The van der Waals surface area contributed by atoms with Crippen LogP contribution in [0.4, 0.5) is 5.82 Å². The van der Waals surface area contributed by atoms with E-state index in [1.165, 1.54) is 17.5 Å². The first-order valence-electron chi connectivity index (χ1n) is 9.49. The highest BCUT2D eigenvalue weighted by Gasteiger charge is 2.54. The predicted molar refractivity (Wildman–Crippen MR) is 109 cm³/mol. The number of ether oxygens (including phenoxy) is 1. The Hall–Kier alpha value is -1.62. The summed E-state index contributed by atoms with van der Waals surface area (Å²) in [6, 6.07) is 1.52. The molecule has 18 nitrogen and oxygen atoms in total. The van der Waals surface area contributed by atoms with Gasteiger partial charge in [0.2, 0.25) is 5.91 Å². The fourth-order valence-electron chi connectivity index (χ4n) is 3.80. The number of hydrogen-bond donors (Lipinski definition) is 7. The molecule has 0 spiro atoms. The van der Waals surface area contributed by atoms with Gasteiger partial charge in [-0.25, -0.2) is 23.2 Å². The van der Waals surface area contributed by atoms with Gasteiger partial charge < -0.3 is 39.8 Å². The summed E-state index contributed by atoms with van der Waals surface area (Å²) in [4.78, 5) is 51.9. The summed E-state index contributed by atoms with van der Waals surface area (Å²) >= 11 is 0. The molecule has 6 atom stereocenters. The van der Waals surface area contributed by atoms with Gasteiger partial charge in [0.1, 0.15) is 35.8 Å². The van der Waals surface area contributed by atoms with Crippen molar-refractivity contribution in [2.75, 3.05) is 11.9 Å². The lowest BCUT2D eigenvalue weighted by molar-refractivity contribution is -0.115. The number of aliphatic hydroxyl groups excluding tert-OH is 1. The van der Waals surface area contributed by atoms with Crippen molar-refractivity contribution in [1.82, 2.24) is 14.6 Å². The van der Waals surface area contributed by atoms with Gasteiger partial charge in [0.15, 0.2) is 5.82 Å². The van der Waals surface area contributed by atoms with Gasteiger partial charge in [-0.15, -0.1) is 0 Å². The van der Waals surface area contributed by atoms with E-state index in [-0.39, 0.29) is 23.8 Å². The fraction of sp³-hybridized carbons (Fsp3) is 0.500. The van der Waals surface area contributed by atoms with E-state index in [1.807, 2.05) is 0 Å². The number of aromatic nitrogens is 3. The molecule has 0 radical (unpaired) electrons. The third kappa shape index (κ3) is 5.40. The number of nitrogens with one attached hydrogen (secondary N) is 1. The monoisotopic (exact) mass is 560 g/mol. The molecular formula is C14H19N4O14P3. The topological polar surface area (TPSA) is 269 Å². The first kappa shape index (κ1) is 26.4. The summed E-state index contributed by atoms with van der Waals surface area (Å²) in [5.74, 6) is -0.108. The van der Waals surface area contributed by atoms with Crippen LogP contribution in [0.15, 0.2) is 12.4 Å². The number of nitrogens with zero attached hydrogens (tertiary/aromatic N) is 3. The van der Waals surface area contributed by atoms with Crippen molar-refractivity contribution in [1.29, 1.82) is 0 Å². The average molecular weight is 560 g/mol. The van der Waals surface area contributed by atoms with Crippen LogP contribution in [0.2, 0.25) is 0 Å². The molecule has 1 saturated heterocycles. The van der Waals surface area contributed by atoms with Gasteiger partial charge in [-0.1, -0.05) is 0 Å². The number of rotatable bonds is 8. The Labute approximate surface area is 194 Å². The van der Waals surface area contributed by atoms with Crippen molar-refractivity contribution in [3.8, 4) is 0 Å². The molecular weight excluding hydrogens is 541 g/mol. The number of phosphoric acid groups is 3. The minimum atomic E-state index is -5.73. The molecule has 194 valence electrons. The number of amides is 1. The number of hydrogen-bond acceptors (Lipinski definition) is 12. The van der Waals surface area contributed by atoms with E-state index in [4.69, 9.17) is 14.5 Å². The summed E-state index contributed by atoms with van der Waals surface area (Å²) in [5, 5.41) is 28.2. The molecule has 0 aromatic carbocycles. The van der Waals surface area contributed by atoms with Crippen LogP contribution in [0.5, 0.6) is 0 Å². The number of aliphatic hydroxyl groups is 2. The molecule has 2 aliphatic heterocycles. The Morgan fingerprint density at radius 3 is 2.57 bits per heavy atom. The molecule has 2 aliphatic rings. The van der Waals surface area contributed by atoms with Crippen molar-refractivity contribution < 1.29 is 66.2 Å². The maximum Gasteiger partial charge on any atom is 0.490 e. The van der Waals surface area contributed by atoms with E-state index < -0.39 is 54.0 Å². The third-order valence-corrected chi connectivity index (χ3v) is 8.95. The Bertz CT molecular complexity index is 1320. The van der Waals surface area contributed by atoms with Crippen LogP contribution in [-0.4, -0.2) is 74.7 Å². The Morgan fingerprint density at radius 1 is 1.23 bits per heavy atom. The fourth-order valence-corrected chi connectivity index (χ4v) is 6.83. The smallest absolute Gasteiger partial charge is 0.387 e. The standard InChI is InChI=1S/C14H19N4O14P3/c1-14(21)11(20)8(4-29-34(25,26)32-35(27,28)31-33(22,23)24)30-12(14)7-2-6-3-9(19)17-13-10(6)18(7)16-5-15-13/h2,5,8,11-12,20-21H,3-4H2,1H3,(H,25,26)(H,27,28)(H2,22,23,24)(H,15,16,17,19)/t8-,11-,12+,14-/m1/s1. The van der Waals surface area contributed by atoms with E-state index in [0.717, 1.165) is 6.33 Å². The zero-order valence-corrected chi connectivity index (χ0v) is 20.1. The molecule has 4 rings (SSSR count). The average Bonchev–Trinajstić information content (AvgIpc) is 3.13. The molecule has 1 amide bonds. The summed E-state index contributed by atoms with van der Waals surface area (Å²) in [6.07, 6.45) is -3.41. The normalized spacial score (nSPS) is 30.1. The van der Waals surface area contributed by atoms with Crippen LogP contribution in [0.3, 0.4) is 0 Å². The molecule has 1 fully saturated rings. The lowest BCUT2D eigenvalue weighted by Gasteiger charge is -2.26. The van der Waals surface area contributed by atoms with Gasteiger partial charge in [-0.3, -0.25) is 9.32 Å². The van der Waals surface area contributed by atoms with Crippen LogP contribution in [0.25, 0.3) is 5.52 Å². The predicted octanol–water partition coefficient (Wildman–Crippen LogP) is -0.881. The van der Waals surface area contributed by atoms with Crippen molar-refractivity contribution in [3.05, 3.63) is 23.7 Å².